The van der Waals surface area contributed by atoms with Gasteiger partial charge in [-0.15, -0.1) is 11.8 Å². The maximum atomic E-state index is 13.0. The molecule has 2 aromatic rings. The Hall–Kier alpha value is -2.25. The van der Waals surface area contributed by atoms with Crippen LogP contribution in [0.25, 0.3) is 0 Å². The van der Waals surface area contributed by atoms with Crippen molar-refractivity contribution in [2.75, 3.05) is 18.7 Å². The van der Waals surface area contributed by atoms with Gasteiger partial charge in [0.2, 0.25) is 0 Å². The molecule has 0 aliphatic carbocycles. The van der Waals surface area contributed by atoms with Crippen LogP contribution in [0.15, 0.2) is 41.3 Å². The van der Waals surface area contributed by atoms with E-state index in [1.807, 2.05) is 6.26 Å². The lowest BCUT2D eigenvalue weighted by molar-refractivity contribution is -0.123. The topological polar surface area (TPSA) is 64.6 Å². The number of rotatable bonds is 6. The van der Waals surface area contributed by atoms with Crippen molar-refractivity contribution in [1.29, 1.82) is 0 Å². The van der Waals surface area contributed by atoms with Crippen molar-refractivity contribution < 1.29 is 23.5 Å². The molecule has 1 N–H and O–H groups in total. The van der Waals surface area contributed by atoms with Gasteiger partial charge in [0.1, 0.15) is 17.1 Å². The van der Waals surface area contributed by atoms with Crippen molar-refractivity contribution in [2.24, 2.45) is 0 Å². The molecule has 0 spiro atoms. The van der Waals surface area contributed by atoms with Gasteiger partial charge in [-0.05, 0) is 49.6 Å². The number of carbonyl (C=O) groups excluding carboxylic acids is 2. The van der Waals surface area contributed by atoms with Gasteiger partial charge in [-0.25, -0.2) is 9.18 Å². The van der Waals surface area contributed by atoms with Gasteiger partial charge in [-0.1, -0.05) is 11.6 Å². The molecule has 5 nitrogen and oxygen atoms in total. The number of amides is 1. The molecule has 0 aromatic heterocycles. The van der Waals surface area contributed by atoms with Gasteiger partial charge >= 0.3 is 5.97 Å². The minimum absolute atomic E-state index is 0.0474. The number of halogens is 2. The van der Waals surface area contributed by atoms with E-state index < -0.39 is 23.8 Å². The van der Waals surface area contributed by atoms with Crippen LogP contribution in [0.3, 0.4) is 0 Å². The van der Waals surface area contributed by atoms with Crippen LogP contribution >= 0.6 is 23.4 Å². The van der Waals surface area contributed by atoms with Gasteiger partial charge in [-0.2, -0.15) is 0 Å². The number of methoxy groups -OCH3 is 1. The van der Waals surface area contributed by atoms with Crippen LogP contribution in [-0.4, -0.2) is 31.3 Å². The monoisotopic (exact) mass is 397 g/mol. The highest BCUT2D eigenvalue weighted by Gasteiger charge is 2.22. The first-order chi connectivity index (χ1) is 12.3. The lowest BCUT2D eigenvalue weighted by Crippen LogP contribution is -2.30. The molecule has 2 aromatic carbocycles. The van der Waals surface area contributed by atoms with E-state index in [1.165, 1.54) is 31.9 Å². The number of anilines is 1. The van der Waals surface area contributed by atoms with Gasteiger partial charge in [-0.3, -0.25) is 4.79 Å². The summed E-state index contributed by atoms with van der Waals surface area (Å²) in [7, 11) is 1.45. The van der Waals surface area contributed by atoms with Crippen molar-refractivity contribution in [3.8, 4) is 5.75 Å². The molecular weight excluding hydrogens is 381 g/mol. The quantitative estimate of drug-likeness (QED) is 0.578. The zero-order valence-corrected chi connectivity index (χ0v) is 15.9. The second kappa shape index (κ2) is 8.91. The number of nitrogens with one attached hydrogen (secondary N) is 1. The first-order valence-corrected chi connectivity index (χ1v) is 9.15. The van der Waals surface area contributed by atoms with E-state index in [-0.39, 0.29) is 16.3 Å². The molecule has 8 heteroatoms. The van der Waals surface area contributed by atoms with Crippen LogP contribution in [0.4, 0.5) is 10.1 Å². The molecule has 2 rings (SSSR count). The largest absolute Gasteiger partial charge is 0.496 e. The molecule has 1 amide bonds. The Morgan fingerprint density at radius 1 is 1.23 bits per heavy atom. The SMILES string of the molecule is COc1cc(SC)ccc1C(=O)O[C@@H](C)C(=O)Nc1ccc(F)cc1Cl. The van der Waals surface area contributed by atoms with Gasteiger partial charge in [0.05, 0.1) is 17.8 Å². The fourth-order valence-corrected chi connectivity index (χ4v) is 2.71. The number of carbonyl (C=O) groups is 2. The van der Waals surface area contributed by atoms with Crippen LogP contribution in [0, 0.1) is 5.82 Å². The van der Waals surface area contributed by atoms with Gasteiger partial charge in [0.15, 0.2) is 6.10 Å². The molecule has 0 unspecified atom stereocenters. The molecular formula is C18H17ClFNO4S. The Kier molecular flexibility index (Phi) is 6.88. The van der Waals surface area contributed by atoms with Crippen molar-refractivity contribution >= 4 is 40.9 Å². The van der Waals surface area contributed by atoms with Crippen molar-refractivity contribution in [2.45, 2.75) is 17.9 Å². The number of ether oxygens (including phenoxy) is 2. The summed E-state index contributed by atoms with van der Waals surface area (Å²) in [6.07, 6.45) is 0.813. The normalized spacial score (nSPS) is 11.6. The minimum atomic E-state index is -1.09. The molecule has 0 saturated carbocycles. The third kappa shape index (κ3) is 4.89. The van der Waals surface area contributed by atoms with Crippen molar-refractivity contribution in [3.05, 3.63) is 52.8 Å². The smallest absolute Gasteiger partial charge is 0.342 e. The summed E-state index contributed by atoms with van der Waals surface area (Å²) in [6, 6.07) is 8.61. The van der Waals surface area contributed by atoms with Gasteiger partial charge < -0.3 is 14.8 Å². The Morgan fingerprint density at radius 2 is 1.96 bits per heavy atom. The predicted octanol–water partition coefficient (Wildman–Crippen LogP) is 4.39. The molecule has 0 saturated heterocycles. The van der Waals surface area contributed by atoms with E-state index in [0.29, 0.717) is 5.75 Å². The molecule has 0 aliphatic rings. The lowest BCUT2D eigenvalue weighted by Gasteiger charge is -2.15. The number of hydrogen-bond acceptors (Lipinski definition) is 5. The summed E-state index contributed by atoms with van der Waals surface area (Å²) >= 11 is 7.37. The highest BCUT2D eigenvalue weighted by Crippen LogP contribution is 2.26. The number of esters is 1. The summed E-state index contributed by atoms with van der Waals surface area (Å²) in [5.74, 6) is -1.45. The van der Waals surface area contributed by atoms with E-state index >= 15 is 0 Å². The lowest BCUT2D eigenvalue weighted by atomic mass is 10.2. The van der Waals surface area contributed by atoms with Crippen molar-refractivity contribution in [3.63, 3.8) is 0 Å². The first-order valence-electron chi connectivity index (χ1n) is 7.54. The van der Waals surface area contributed by atoms with Crippen LogP contribution in [0.1, 0.15) is 17.3 Å². The minimum Gasteiger partial charge on any atom is -0.496 e. The van der Waals surface area contributed by atoms with E-state index in [1.54, 1.807) is 18.2 Å². The van der Waals surface area contributed by atoms with E-state index in [2.05, 4.69) is 5.32 Å². The van der Waals surface area contributed by atoms with E-state index in [4.69, 9.17) is 21.1 Å². The number of benzene rings is 2. The average molecular weight is 398 g/mol. The van der Waals surface area contributed by atoms with Crippen LogP contribution in [-0.2, 0) is 9.53 Å². The van der Waals surface area contributed by atoms with E-state index in [9.17, 15) is 14.0 Å². The number of thioether (sulfide) groups is 1. The summed E-state index contributed by atoms with van der Waals surface area (Å²) < 4.78 is 23.4. The molecule has 0 aliphatic heterocycles. The zero-order valence-electron chi connectivity index (χ0n) is 14.3. The summed E-state index contributed by atoms with van der Waals surface area (Å²) in [4.78, 5) is 25.5. The fourth-order valence-electron chi connectivity index (χ4n) is 2.07. The number of hydrogen-bond donors (Lipinski definition) is 1. The molecule has 0 fully saturated rings. The summed E-state index contributed by atoms with van der Waals surface area (Å²) in [5, 5.41) is 2.54. The maximum Gasteiger partial charge on any atom is 0.342 e. The van der Waals surface area contributed by atoms with Crippen LogP contribution in [0.5, 0.6) is 5.75 Å². The Bertz CT molecular complexity index is 831. The predicted molar refractivity (Wildman–Crippen MR) is 99.7 cm³/mol. The highest BCUT2D eigenvalue weighted by molar-refractivity contribution is 7.98. The molecule has 26 heavy (non-hydrogen) atoms. The van der Waals surface area contributed by atoms with Gasteiger partial charge in [0, 0.05) is 4.90 Å². The first kappa shape index (κ1) is 20.1. The molecule has 0 heterocycles. The van der Waals surface area contributed by atoms with E-state index in [0.717, 1.165) is 17.0 Å². The fraction of sp³-hybridized carbons (Fsp3) is 0.222. The molecule has 1 atom stereocenters. The van der Waals surface area contributed by atoms with Crippen LogP contribution < -0.4 is 10.1 Å². The average Bonchev–Trinajstić information content (AvgIpc) is 2.63. The van der Waals surface area contributed by atoms with Crippen LogP contribution in [0.2, 0.25) is 5.02 Å². The molecule has 138 valence electrons. The van der Waals surface area contributed by atoms with Gasteiger partial charge in [0.25, 0.3) is 5.91 Å². The summed E-state index contributed by atoms with van der Waals surface area (Å²) in [6.45, 7) is 1.42. The Labute approximate surface area is 159 Å². The second-order valence-corrected chi connectivity index (χ2v) is 6.51. The molecule has 0 bridgehead atoms. The highest BCUT2D eigenvalue weighted by atomic mass is 35.5. The summed E-state index contributed by atoms with van der Waals surface area (Å²) in [5.41, 5.74) is 0.438. The molecule has 0 radical (unpaired) electrons. The third-order valence-electron chi connectivity index (χ3n) is 3.47. The maximum absolute atomic E-state index is 13.0. The Balaban J connectivity index is 2.07. The Morgan fingerprint density at radius 3 is 2.58 bits per heavy atom. The standard InChI is InChI=1S/C18H17ClFNO4S/c1-10(17(22)21-15-7-4-11(20)8-14(15)19)25-18(23)13-6-5-12(26-3)9-16(13)24-2/h4-10H,1-3H3,(H,21,22)/t10-/m0/s1. The second-order valence-electron chi connectivity index (χ2n) is 5.23. The van der Waals surface area contributed by atoms with Crippen molar-refractivity contribution in [1.82, 2.24) is 0 Å². The zero-order chi connectivity index (χ0) is 19.3. The third-order valence-corrected chi connectivity index (χ3v) is 4.51.